The second-order valence-electron chi connectivity index (χ2n) is 9.28. The molecule has 0 bridgehead atoms. The highest BCUT2D eigenvalue weighted by Crippen LogP contribution is 2.43. The summed E-state index contributed by atoms with van der Waals surface area (Å²) in [6.07, 6.45) is 17.2. The van der Waals surface area contributed by atoms with Crippen LogP contribution in [0.25, 0.3) is 0 Å². The lowest BCUT2D eigenvalue weighted by Crippen LogP contribution is -2.26. The highest BCUT2D eigenvalue weighted by atomic mass is 35.5. The van der Waals surface area contributed by atoms with Crippen molar-refractivity contribution in [1.29, 1.82) is 0 Å². The van der Waals surface area contributed by atoms with Crippen molar-refractivity contribution >= 4 is 23.4 Å². The van der Waals surface area contributed by atoms with E-state index in [1.165, 1.54) is 63.1 Å². The molecule has 0 N–H and O–H groups in total. The lowest BCUT2D eigenvalue weighted by atomic mass is 9.69. The lowest BCUT2D eigenvalue weighted by molar-refractivity contribution is 0.0857. The van der Waals surface area contributed by atoms with E-state index in [-0.39, 0.29) is 0 Å². The van der Waals surface area contributed by atoms with Crippen LogP contribution in [0.1, 0.15) is 76.7 Å². The van der Waals surface area contributed by atoms with Crippen molar-refractivity contribution < 1.29 is 17.6 Å². The summed E-state index contributed by atoms with van der Waals surface area (Å²) in [4.78, 5) is 0.345. The number of benzene rings is 1. The van der Waals surface area contributed by atoms with Gasteiger partial charge in [0.2, 0.25) is 0 Å². The Bertz CT molecular complexity index is 707. The van der Waals surface area contributed by atoms with Crippen molar-refractivity contribution in [2.24, 2.45) is 23.7 Å². The van der Waals surface area contributed by atoms with Crippen molar-refractivity contribution in [2.75, 3.05) is 5.75 Å². The summed E-state index contributed by atoms with van der Waals surface area (Å²) >= 11 is 6.16. The second kappa shape index (κ2) is 11.4. The van der Waals surface area contributed by atoms with E-state index in [1.807, 2.05) is 0 Å². The van der Waals surface area contributed by atoms with Crippen LogP contribution in [0.5, 0.6) is 0 Å². The topological polar surface area (TPSA) is 0 Å². The van der Waals surface area contributed by atoms with Crippen LogP contribution >= 0.6 is 23.4 Å². The smallest absolute Gasteiger partial charge is 0.206 e. The summed E-state index contributed by atoms with van der Waals surface area (Å²) in [6.45, 7) is 2.08. The molecule has 1 aromatic rings. The quantitative estimate of drug-likeness (QED) is 0.156. The zero-order valence-electron chi connectivity index (χ0n) is 18.2. The Hall–Kier alpha value is -0.680. The van der Waals surface area contributed by atoms with Crippen molar-refractivity contribution in [2.45, 2.75) is 81.4 Å². The molecule has 174 valence electrons. The fraction of sp³-hybridized carbons (Fsp3) is 0.680. The van der Waals surface area contributed by atoms with Gasteiger partial charge in [-0.1, -0.05) is 25.0 Å². The minimum Gasteiger partial charge on any atom is -0.206 e. The molecular weight excluding hydrogens is 444 g/mol. The molecule has 0 spiro atoms. The maximum Gasteiger partial charge on any atom is 0.353 e. The first-order valence-electron chi connectivity index (χ1n) is 11.6. The molecule has 2 aliphatic rings. The minimum absolute atomic E-state index is 0.345. The average molecular weight is 477 g/mol. The fourth-order valence-electron chi connectivity index (χ4n) is 5.39. The molecule has 31 heavy (non-hydrogen) atoms. The highest BCUT2D eigenvalue weighted by Gasteiger charge is 2.36. The molecule has 0 heterocycles. The number of rotatable bonds is 8. The molecular formula is C25H33ClF4S. The van der Waals surface area contributed by atoms with Crippen molar-refractivity contribution in [3.8, 4) is 0 Å². The Morgan fingerprint density at radius 2 is 1.45 bits per heavy atom. The van der Waals surface area contributed by atoms with E-state index in [2.05, 4.69) is 19.1 Å². The van der Waals surface area contributed by atoms with Crippen LogP contribution in [0.4, 0.5) is 17.6 Å². The Morgan fingerprint density at radius 3 is 1.94 bits per heavy atom. The van der Waals surface area contributed by atoms with E-state index in [0.717, 1.165) is 48.5 Å². The second-order valence-corrected chi connectivity index (χ2v) is 10.8. The van der Waals surface area contributed by atoms with Crippen LogP contribution in [0.3, 0.4) is 0 Å². The first kappa shape index (κ1) is 25.0. The molecule has 0 atom stereocenters. The van der Waals surface area contributed by atoms with Gasteiger partial charge in [-0.05, 0) is 106 Å². The van der Waals surface area contributed by atoms with Gasteiger partial charge in [-0.15, -0.1) is 11.8 Å². The Kier molecular flexibility index (Phi) is 9.22. The molecule has 0 aromatic heterocycles. The molecule has 0 amide bonds. The van der Waals surface area contributed by atoms with Gasteiger partial charge < -0.3 is 0 Å². The van der Waals surface area contributed by atoms with E-state index < -0.39 is 22.6 Å². The summed E-state index contributed by atoms with van der Waals surface area (Å²) in [5.41, 5.74) is -1.37. The zero-order valence-corrected chi connectivity index (χ0v) is 19.8. The normalized spacial score (nSPS) is 27.7. The van der Waals surface area contributed by atoms with Gasteiger partial charge in [0, 0.05) is 10.6 Å². The van der Waals surface area contributed by atoms with Gasteiger partial charge >= 0.3 is 5.38 Å². The van der Waals surface area contributed by atoms with Crippen molar-refractivity contribution in [3.63, 3.8) is 0 Å². The van der Waals surface area contributed by atoms with Crippen LogP contribution in [-0.4, -0.2) is 5.75 Å². The molecule has 0 unspecified atom stereocenters. The maximum absolute atomic E-state index is 13.9. The molecule has 0 radical (unpaired) electrons. The van der Waals surface area contributed by atoms with Crippen LogP contribution in [0.2, 0.25) is 0 Å². The molecule has 1 aromatic carbocycles. The van der Waals surface area contributed by atoms with Crippen LogP contribution in [-0.2, 0) is 5.38 Å². The van der Waals surface area contributed by atoms with Gasteiger partial charge in [-0.2, -0.15) is 8.78 Å². The molecule has 0 nitrogen and oxygen atoms in total. The van der Waals surface area contributed by atoms with Gasteiger partial charge in [-0.3, -0.25) is 0 Å². The molecule has 0 saturated heterocycles. The van der Waals surface area contributed by atoms with Gasteiger partial charge in [-0.25, -0.2) is 8.78 Å². The van der Waals surface area contributed by atoms with Gasteiger partial charge in [0.1, 0.15) is 17.2 Å². The summed E-state index contributed by atoms with van der Waals surface area (Å²) in [5, 5.41) is -4.04. The van der Waals surface area contributed by atoms with E-state index in [1.54, 1.807) is 0 Å². The number of alkyl halides is 3. The number of thioether (sulfide) groups is 1. The first-order valence-corrected chi connectivity index (χ1v) is 12.9. The first-order chi connectivity index (χ1) is 14.8. The molecule has 6 heteroatoms. The molecule has 0 aliphatic heterocycles. The minimum atomic E-state index is -4.04. The molecule has 2 saturated carbocycles. The standard InChI is InChI=1S/C25H33ClF4S/c1-2-3-4-5-17-6-10-19(11-7-17)20-12-8-18(9-13-20)16-31-21-14-22(27)24(23(28)15-21)25(26,29)30/h2-3,14-15,17-20H,4-13,16H2,1H3/b3-2+. The Morgan fingerprint density at radius 1 is 0.935 bits per heavy atom. The average Bonchev–Trinajstić information content (AvgIpc) is 2.72. The summed E-state index contributed by atoms with van der Waals surface area (Å²) < 4.78 is 54.1. The lowest BCUT2D eigenvalue weighted by Gasteiger charge is -2.38. The third kappa shape index (κ3) is 7.15. The summed E-state index contributed by atoms with van der Waals surface area (Å²) in [7, 11) is 0. The van der Waals surface area contributed by atoms with E-state index in [0.29, 0.717) is 10.8 Å². The molecule has 2 fully saturated rings. The predicted octanol–water partition coefficient (Wildman–Crippen LogP) is 9.31. The zero-order chi connectivity index (χ0) is 22.4. The number of allylic oxidation sites excluding steroid dienone is 2. The van der Waals surface area contributed by atoms with Crippen LogP contribution in [0.15, 0.2) is 29.2 Å². The number of hydrogen-bond acceptors (Lipinski definition) is 1. The van der Waals surface area contributed by atoms with Crippen LogP contribution in [0, 0.1) is 35.3 Å². The predicted molar refractivity (Wildman–Crippen MR) is 122 cm³/mol. The number of halogens is 5. The third-order valence-corrected chi connectivity index (χ3v) is 8.61. The third-order valence-electron chi connectivity index (χ3n) is 7.21. The molecule has 3 rings (SSSR count). The van der Waals surface area contributed by atoms with Crippen molar-refractivity contribution in [3.05, 3.63) is 41.5 Å². The van der Waals surface area contributed by atoms with E-state index in [4.69, 9.17) is 11.6 Å². The van der Waals surface area contributed by atoms with Crippen molar-refractivity contribution in [1.82, 2.24) is 0 Å². The highest BCUT2D eigenvalue weighted by molar-refractivity contribution is 7.99. The van der Waals surface area contributed by atoms with Gasteiger partial charge in [0.05, 0.1) is 0 Å². The number of hydrogen-bond donors (Lipinski definition) is 0. The maximum atomic E-state index is 13.9. The van der Waals surface area contributed by atoms with Gasteiger partial charge in [0.15, 0.2) is 0 Å². The largest absolute Gasteiger partial charge is 0.353 e. The fourth-order valence-corrected chi connectivity index (χ4v) is 6.71. The Balaban J connectivity index is 1.41. The monoisotopic (exact) mass is 476 g/mol. The summed E-state index contributed by atoms with van der Waals surface area (Å²) in [6, 6.07) is 1.94. The van der Waals surface area contributed by atoms with Gasteiger partial charge in [0.25, 0.3) is 0 Å². The van der Waals surface area contributed by atoms with Crippen LogP contribution < -0.4 is 0 Å². The van der Waals surface area contributed by atoms with E-state index in [9.17, 15) is 17.6 Å². The Labute approximate surface area is 193 Å². The summed E-state index contributed by atoms with van der Waals surface area (Å²) in [5.74, 6) is 1.28. The SMILES string of the molecule is C/C=C/CCC1CCC(C2CCC(CSc3cc(F)c(C(F)(F)Cl)c(F)c3)CC2)CC1. The van der Waals surface area contributed by atoms with E-state index >= 15 is 0 Å². The molecule has 2 aliphatic carbocycles.